The van der Waals surface area contributed by atoms with Gasteiger partial charge in [0.1, 0.15) is 12.4 Å². The molecule has 4 rings (SSSR count). The summed E-state index contributed by atoms with van der Waals surface area (Å²) in [5, 5.41) is 0. The monoisotopic (exact) mass is 457 g/mol. The molecule has 0 radical (unpaired) electrons. The third-order valence-electron chi connectivity index (χ3n) is 7.49. The van der Waals surface area contributed by atoms with Crippen LogP contribution in [-0.2, 0) is 20.7 Å². The molecule has 33 heavy (non-hydrogen) atoms. The van der Waals surface area contributed by atoms with Gasteiger partial charge >= 0.3 is 0 Å². The summed E-state index contributed by atoms with van der Waals surface area (Å²) in [6, 6.07) is 8.18. The largest absolute Gasteiger partial charge is 0.491 e. The summed E-state index contributed by atoms with van der Waals surface area (Å²) in [7, 11) is 2.11. The maximum Gasteiger partial charge on any atom is 0.256 e. The van der Waals surface area contributed by atoms with Gasteiger partial charge in [-0.25, -0.2) is 0 Å². The highest BCUT2D eigenvalue weighted by atomic mass is 16.5. The van der Waals surface area contributed by atoms with E-state index in [1.165, 1.54) is 5.56 Å². The van der Waals surface area contributed by atoms with E-state index < -0.39 is 5.60 Å². The Labute approximate surface area is 198 Å². The maximum absolute atomic E-state index is 13.8. The van der Waals surface area contributed by atoms with Gasteiger partial charge in [0.05, 0.1) is 19.7 Å². The standard InChI is InChI=1S/C26H39N3O4/c1-3-28-16-18-32-23-10-5-4-8-21(23)9-6-7-13-26(25(28)31)20-29(17-19-33-26)24(30)22-11-14-27(2)15-12-22/h4-5,8,10,22H,3,6-7,9,11-20H2,1-2H3. The second kappa shape index (κ2) is 10.9. The summed E-state index contributed by atoms with van der Waals surface area (Å²) in [4.78, 5) is 33.2. The first-order chi connectivity index (χ1) is 16.0. The van der Waals surface area contributed by atoms with Crippen molar-refractivity contribution in [3.05, 3.63) is 29.8 Å². The lowest BCUT2D eigenvalue weighted by molar-refractivity contribution is -0.178. The van der Waals surface area contributed by atoms with Crippen LogP contribution in [0, 0.1) is 5.92 Å². The van der Waals surface area contributed by atoms with E-state index in [0.717, 1.165) is 50.9 Å². The molecule has 1 unspecified atom stereocenters. The zero-order chi connectivity index (χ0) is 23.3. The summed E-state index contributed by atoms with van der Waals surface area (Å²) in [6.45, 7) is 6.82. The van der Waals surface area contributed by atoms with Crippen molar-refractivity contribution in [3.8, 4) is 5.75 Å². The molecule has 3 heterocycles. The molecular formula is C26H39N3O4. The molecule has 3 aliphatic heterocycles. The number of aryl methyl sites for hydroxylation is 1. The number of ether oxygens (including phenoxy) is 2. The van der Waals surface area contributed by atoms with Gasteiger partial charge in [-0.2, -0.15) is 0 Å². The number of hydrogen-bond acceptors (Lipinski definition) is 5. The molecule has 0 N–H and O–H groups in total. The minimum atomic E-state index is -0.950. The van der Waals surface area contributed by atoms with E-state index in [4.69, 9.17) is 9.47 Å². The van der Waals surface area contributed by atoms with Crippen molar-refractivity contribution in [1.82, 2.24) is 14.7 Å². The van der Waals surface area contributed by atoms with Crippen LogP contribution < -0.4 is 4.74 Å². The minimum absolute atomic E-state index is 0.00309. The number of hydrogen-bond donors (Lipinski definition) is 0. The molecule has 2 saturated heterocycles. The Morgan fingerprint density at radius 2 is 1.88 bits per heavy atom. The van der Waals surface area contributed by atoms with Crippen LogP contribution in [0.4, 0.5) is 0 Å². The average Bonchev–Trinajstić information content (AvgIpc) is 2.84. The Balaban J connectivity index is 1.51. The first-order valence-corrected chi connectivity index (χ1v) is 12.6. The number of nitrogens with zero attached hydrogens (tertiary/aromatic N) is 3. The number of amides is 2. The van der Waals surface area contributed by atoms with E-state index in [1.807, 2.05) is 34.9 Å². The van der Waals surface area contributed by atoms with Crippen LogP contribution in [0.25, 0.3) is 0 Å². The van der Waals surface area contributed by atoms with Crippen LogP contribution in [0.2, 0.25) is 0 Å². The quantitative estimate of drug-likeness (QED) is 0.683. The highest BCUT2D eigenvalue weighted by Crippen LogP contribution is 2.31. The van der Waals surface area contributed by atoms with Gasteiger partial charge in [-0.3, -0.25) is 9.59 Å². The van der Waals surface area contributed by atoms with E-state index in [1.54, 1.807) is 0 Å². The Hall–Kier alpha value is -2.12. The molecule has 3 aliphatic rings. The third kappa shape index (κ3) is 5.52. The van der Waals surface area contributed by atoms with E-state index in [9.17, 15) is 9.59 Å². The first-order valence-electron chi connectivity index (χ1n) is 12.6. The normalized spacial score (nSPS) is 26.3. The Bertz CT molecular complexity index is 824. The fourth-order valence-electron chi connectivity index (χ4n) is 5.41. The predicted octanol–water partition coefficient (Wildman–Crippen LogP) is 2.58. The molecular weight excluding hydrogens is 418 g/mol. The van der Waals surface area contributed by atoms with Crippen molar-refractivity contribution >= 4 is 11.8 Å². The second-order valence-electron chi connectivity index (χ2n) is 9.73. The van der Waals surface area contributed by atoms with Crippen molar-refractivity contribution in [2.45, 2.75) is 51.0 Å². The van der Waals surface area contributed by atoms with Crippen molar-refractivity contribution in [2.75, 3.05) is 59.5 Å². The molecule has 7 nitrogen and oxygen atoms in total. The first kappa shape index (κ1) is 24.0. The molecule has 0 aromatic heterocycles. The predicted molar refractivity (Wildman–Crippen MR) is 127 cm³/mol. The summed E-state index contributed by atoms with van der Waals surface area (Å²) in [5.74, 6) is 1.18. The van der Waals surface area contributed by atoms with Crippen molar-refractivity contribution in [3.63, 3.8) is 0 Å². The zero-order valence-corrected chi connectivity index (χ0v) is 20.3. The van der Waals surface area contributed by atoms with E-state index in [-0.39, 0.29) is 17.7 Å². The number of likely N-dealkylation sites (tertiary alicyclic amines) is 1. The Morgan fingerprint density at radius 1 is 1.09 bits per heavy atom. The summed E-state index contributed by atoms with van der Waals surface area (Å²) >= 11 is 0. The van der Waals surface area contributed by atoms with Crippen molar-refractivity contribution < 1.29 is 19.1 Å². The molecule has 0 saturated carbocycles. The van der Waals surface area contributed by atoms with Gasteiger partial charge in [-0.05, 0) is 77.2 Å². The summed E-state index contributed by atoms with van der Waals surface area (Å²) in [6.07, 6.45) is 5.16. The zero-order valence-electron chi connectivity index (χ0n) is 20.3. The lowest BCUT2D eigenvalue weighted by Gasteiger charge is -2.45. The molecule has 1 aromatic rings. The highest BCUT2D eigenvalue weighted by molar-refractivity contribution is 5.87. The Morgan fingerprint density at radius 3 is 2.67 bits per heavy atom. The summed E-state index contributed by atoms with van der Waals surface area (Å²) < 4.78 is 12.3. The SMILES string of the molecule is CCN1CCOc2ccccc2CCCCC2(CN(C(=O)C3CCN(C)CC3)CCO2)C1=O. The number of piperidine rings is 1. The number of carbonyl (C=O) groups excluding carboxylic acids is 2. The lowest BCUT2D eigenvalue weighted by Crippen LogP contribution is -2.62. The topological polar surface area (TPSA) is 62.3 Å². The molecule has 1 spiro atoms. The molecule has 2 amide bonds. The molecule has 7 heteroatoms. The van der Waals surface area contributed by atoms with Crippen molar-refractivity contribution in [2.24, 2.45) is 5.92 Å². The number of morpholine rings is 1. The number of carbonyl (C=O) groups is 2. The van der Waals surface area contributed by atoms with Crippen LogP contribution >= 0.6 is 0 Å². The van der Waals surface area contributed by atoms with Gasteiger partial charge in [-0.15, -0.1) is 0 Å². The van der Waals surface area contributed by atoms with Gasteiger partial charge in [0.15, 0.2) is 5.60 Å². The molecule has 182 valence electrons. The minimum Gasteiger partial charge on any atom is -0.491 e. The second-order valence-corrected chi connectivity index (χ2v) is 9.73. The Kier molecular flexibility index (Phi) is 7.91. The number of para-hydroxylation sites is 1. The van der Waals surface area contributed by atoms with Gasteiger partial charge in [0.2, 0.25) is 5.91 Å². The fraction of sp³-hybridized carbons (Fsp3) is 0.692. The van der Waals surface area contributed by atoms with Crippen LogP contribution in [0.15, 0.2) is 24.3 Å². The number of benzene rings is 1. The fourth-order valence-corrected chi connectivity index (χ4v) is 5.41. The van der Waals surface area contributed by atoms with Crippen molar-refractivity contribution in [1.29, 1.82) is 0 Å². The molecule has 1 aromatic carbocycles. The molecule has 0 aliphatic carbocycles. The summed E-state index contributed by atoms with van der Waals surface area (Å²) in [5.41, 5.74) is 0.263. The van der Waals surface area contributed by atoms with E-state index >= 15 is 0 Å². The lowest BCUT2D eigenvalue weighted by atomic mass is 9.89. The van der Waals surface area contributed by atoms with E-state index in [2.05, 4.69) is 18.0 Å². The maximum atomic E-state index is 13.8. The number of fused-ring (bicyclic) bond motifs is 1. The van der Waals surface area contributed by atoms with Crippen LogP contribution in [0.3, 0.4) is 0 Å². The van der Waals surface area contributed by atoms with Crippen LogP contribution in [0.1, 0.15) is 44.6 Å². The highest BCUT2D eigenvalue weighted by Gasteiger charge is 2.47. The molecule has 1 atom stereocenters. The number of rotatable bonds is 2. The van der Waals surface area contributed by atoms with Gasteiger partial charge < -0.3 is 24.2 Å². The molecule has 0 bridgehead atoms. The smallest absolute Gasteiger partial charge is 0.256 e. The number of likely N-dealkylation sites (N-methyl/N-ethyl adjacent to an activating group) is 1. The van der Waals surface area contributed by atoms with E-state index in [0.29, 0.717) is 45.8 Å². The van der Waals surface area contributed by atoms with Crippen LogP contribution in [0.5, 0.6) is 5.75 Å². The molecule has 2 fully saturated rings. The van der Waals surface area contributed by atoms with Gasteiger partial charge in [-0.1, -0.05) is 18.2 Å². The third-order valence-corrected chi connectivity index (χ3v) is 7.49. The van der Waals surface area contributed by atoms with Gasteiger partial charge in [0.25, 0.3) is 5.91 Å². The van der Waals surface area contributed by atoms with Gasteiger partial charge in [0, 0.05) is 19.0 Å². The average molecular weight is 458 g/mol. The van der Waals surface area contributed by atoms with Crippen LogP contribution in [-0.4, -0.2) is 91.6 Å².